The molecule has 3 rings (SSSR count). The Morgan fingerprint density at radius 3 is 2.90 bits per heavy atom. The number of fused-ring (bicyclic) bond motifs is 1. The van der Waals surface area contributed by atoms with Crippen molar-refractivity contribution in [3.05, 3.63) is 51.8 Å². The molecule has 8 heteroatoms. The van der Waals surface area contributed by atoms with Gasteiger partial charge in [-0.05, 0) is 17.7 Å². The van der Waals surface area contributed by atoms with Gasteiger partial charge in [0.05, 0.1) is 16.6 Å². The number of nitrogens with zero attached hydrogens (tertiary/aromatic N) is 4. The summed E-state index contributed by atoms with van der Waals surface area (Å²) in [5.41, 5.74) is 1.14. The van der Waals surface area contributed by atoms with Crippen molar-refractivity contribution in [3.63, 3.8) is 0 Å². The van der Waals surface area contributed by atoms with E-state index in [9.17, 15) is 14.5 Å². The van der Waals surface area contributed by atoms with Crippen molar-refractivity contribution in [1.82, 2.24) is 14.5 Å². The van der Waals surface area contributed by atoms with Crippen LogP contribution in [0.1, 0.15) is 0 Å². The monoisotopic (exact) mass is 306 g/mol. The molecule has 0 spiro atoms. The van der Waals surface area contributed by atoms with E-state index in [1.165, 1.54) is 12.1 Å². The molecule has 0 saturated heterocycles. The van der Waals surface area contributed by atoms with Crippen LogP contribution in [0.15, 0.2) is 30.6 Å². The van der Waals surface area contributed by atoms with Crippen molar-refractivity contribution in [2.45, 2.75) is 0 Å². The number of nitro groups is 1. The van der Waals surface area contributed by atoms with Crippen LogP contribution in [-0.4, -0.2) is 19.5 Å². The molecule has 0 fully saturated rings. The van der Waals surface area contributed by atoms with Gasteiger partial charge in [-0.15, -0.1) is 0 Å². The summed E-state index contributed by atoms with van der Waals surface area (Å²) in [6.45, 7) is 0. The fourth-order valence-electron chi connectivity index (χ4n) is 2.21. The predicted molar refractivity (Wildman–Crippen MR) is 75.6 cm³/mol. The van der Waals surface area contributed by atoms with Gasteiger partial charge in [0, 0.05) is 36.3 Å². The third-order valence-corrected chi connectivity index (χ3v) is 3.34. The fourth-order valence-corrected chi connectivity index (χ4v) is 2.34. The first-order valence-electron chi connectivity index (χ1n) is 5.89. The van der Waals surface area contributed by atoms with Crippen molar-refractivity contribution in [3.8, 4) is 11.3 Å². The first-order valence-corrected chi connectivity index (χ1v) is 6.27. The van der Waals surface area contributed by atoms with Gasteiger partial charge in [0.2, 0.25) is 5.28 Å². The Bertz CT molecular complexity index is 878. The normalized spacial score (nSPS) is 11.0. The van der Waals surface area contributed by atoms with E-state index in [0.717, 1.165) is 6.20 Å². The maximum atomic E-state index is 13.9. The smallest absolute Gasteiger partial charge is 0.271 e. The highest BCUT2D eigenvalue weighted by Gasteiger charge is 2.17. The first kappa shape index (κ1) is 13.4. The van der Waals surface area contributed by atoms with Crippen molar-refractivity contribution >= 4 is 28.2 Å². The summed E-state index contributed by atoms with van der Waals surface area (Å²) < 4.78 is 15.6. The molecule has 0 radical (unpaired) electrons. The molecule has 21 heavy (non-hydrogen) atoms. The van der Waals surface area contributed by atoms with Crippen molar-refractivity contribution in [2.24, 2.45) is 7.05 Å². The maximum absolute atomic E-state index is 13.9. The fraction of sp³-hybridized carbons (Fsp3) is 0.0769. The van der Waals surface area contributed by atoms with Gasteiger partial charge in [-0.3, -0.25) is 10.1 Å². The number of aromatic nitrogens is 3. The lowest BCUT2D eigenvalue weighted by molar-refractivity contribution is -0.384. The summed E-state index contributed by atoms with van der Waals surface area (Å²) in [6.07, 6.45) is 2.64. The molecule has 1 aromatic carbocycles. The second-order valence-corrected chi connectivity index (χ2v) is 4.79. The number of halogens is 2. The van der Waals surface area contributed by atoms with Crippen LogP contribution in [0.5, 0.6) is 0 Å². The van der Waals surface area contributed by atoms with Crippen LogP contribution in [-0.2, 0) is 7.05 Å². The van der Waals surface area contributed by atoms with Crippen LogP contribution in [0, 0.1) is 15.9 Å². The van der Waals surface area contributed by atoms with Crippen LogP contribution in [0.4, 0.5) is 10.1 Å². The average Bonchev–Trinajstić information content (AvgIpc) is 2.78. The Balaban J connectivity index is 2.29. The minimum absolute atomic E-state index is 0.0311. The summed E-state index contributed by atoms with van der Waals surface area (Å²) in [7, 11) is 1.72. The maximum Gasteiger partial charge on any atom is 0.271 e. The SMILES string of the molecule is Cn1cc(-c2nc(Cl)ncc2F)c2ccc([N+](=O)[O-])cc21. The lowest BCUT2D eigenvalue weighted by Crippen LogP contribution is -1.92. The molecule has 0 amide bonds. The quantitative estimate of drug-likeness (QED) is 0.413. The largest absolute Gasteiger partial charge is 0.350 e. The molecule has 0 aliphatic carbocycles. The summed E-state index contributed by atoms with van der Waals surface area (Å²) >= 11 is 5.71. The molecule has 0 bridgehead atoms. The van der Waals surface area contributed by atoms with E-state index in [1.54, 1.807) is 23.9 Å². The highest BCUT2D eigenvalue weighted by atomic mass is 35.5. The Morgan fingerprint density at radius 2 is 2.19 bits per heavy atom. The van der Waals surface area contributed by atoms with Gasteiger partial charge in [0.25, 0.3) is 5.69 Å². The van der Waals surface area contributed by atoms with Crippen LogP contribution in [0.3, 0.4) is 0 Å². The van der Waals surface area contributed by atoms with Crippen LogP contribution >= 0.6 is 11.6 Å². The molecule has 0 atom stereocenters. The molecule has 0 aliphatic rings. The third kappa shape index (κ3) is 2.21. The molecule has 0 unspecified atom stereocenters. The van der Waals surface area contributed by atoms with Gasteiger partial charge in [-0.2, -0.15) is 0 Å². The Morgan fingerprint density at radius 1 is 1.43 bits per heavy atom. The van der Waals surface area contributed by atoms with Crippen LogP contribution in [0.25, 0.3) is 22.2 Å². The minimum Gasteiger partial charge on any atom is -0.350 e. The molecule has 6 nitrogen and oxygen atoms in total. The summed E-state index contributed by atoms with van der Waals surface area (Å²) in [5, 5.41) is 11.4. The van der Waals surface area contributed by atoms with Gasteiger partial charge in [0.1, 0.15) is 5.69 Å². The van der Waals surface area contributed by atoms with Gasteiger partial charge in [-0.25, -0.2) is 14.4 Å². The van der Waals surface area contributed by atoms with Crippen LogP contribution < -0.4 is 0 Å². The first-order chi connectivity index (χ1) is 9.97. The Labute approximate surface area is 123 Å². The van der Waals surface area contributed by atoms with Gasteiger partial charge < -0.3 is 4.57 Å². The lowest BCUT2D eigenvalue weighted by Gasteiger charge is -2.00. The molecule has 0 saturated carbocycles. The van der Waals surface area contributed by atoms with Crippen molar-refractivity contribution < 1.29 is 9.31 Å². The number of non-ortho nitro benzene ring substituents is 1. The van der Waals surface area contributed by atoms with E-state index in [4.69, 9.17) is 11.6 Å². The third-order valence-electron chi connectivity index (χ3n) is 3.15. The van der Waals surface area contributed by atoms with Crippen molar-refractivity contribution in [2.75, 3.05) is 0 Å². The zero-order valence-corrected chi connectivity index (χ0v) is 11.5. The van der Waals surface area contributed by atoms with Gasteiger partial charge in [0.15, 0.2) is 5.82 Å². The molecule has 2 aromatic heterocycles. The molecular weight excluding hydrogens is 299 g/mol. The molecular formula is C13H8ClFN4O2. The number of aryl methyl sites for hydroxylation is 1. The Hall–Kier alpha value is -2.54. The number of nitro benzene ring substituents is 1. The highest BCUT2D eigenvalue weighted by Crippen LogP contribution is 2.32. The van der Waals surface area contributed by atoms with Gasteiger partial charge >= 0.3 is 0 Å². The topological polar surface area (TPSA) is 73.8 Å². The van der Waals surface area contributed by atoms with E-state index in [-0.39, 0.29) is 16.7 Å². The van der Waals surface area contributed by atoms with E-state index in [1.807, 2.05) is 0 Å². The number of hydrogen-bond donors (Lipinski definition) is 0. The van der Waals surface area contributed by atoms with Crippen LogP contribution in [0.2, 0.25) is 5.28 Å². The van der Waals surface area contributed by atoms with E-state index in [2.05, 4.69) is 9.97 Å². The zero-order valence-electron chi connectivity index (χ0n) is 10.7. The van der Waals surface area contributed by atoms with Crippen molar-refractivity contribution in [1.29, 1.82) is 0 Å². The number of hydrogen-bond acceptors (Lipinski definition) is 4. The molecule has 106 valence electrons. The number of rotatable bonds is 2. The second kappa shape index (κ2) is 4.78. The minimum atomic E-state index is -0.606. The lowest BCUT2D eigenvalue weighted by atomic mass is 10.1. The molecule has 0 aliphatic heterocycles. The summed E-state index contributed by atoms with van der Waals surface area (Å²) in [5.74, 6) is -0.606. The average molecular weight is 307 g/mol. The predicted octanol–water partition coefficient (Wildman–Crippen LogP) is 3.34. The second-order valence-electron chi connectivity index (χ2n) is 4.45. The summed E-state index contributed by atoms with van der Waals surface area (Å²) in [4.78, 5) is 17.8. The van der Waals surface area contributed by atoms with E-state index >= 15 is 0 Å². The van der Waals surface area contributed by atoms with Gasteiger partial charge in [-0.1, -0.05) is 0 Å². The summed E-state index contributed by atoms with van der Waals surface area (Å²) in [6, 6.07) is 4.37. The molecule has 3 aromatic rings. The van der Waals surface area contributed by atoms with E-state index < -0.39 is 10.7 Å². The highest BCUT2D eigenvalue weighted by molar-refractivity contribution is 6.28. The van der Waals surface area contributed by atoms with E-state index in [0.29, 0.717) is 16.5 Å². The standard InChI is InChI=1S/C13H8ClFN4O2/c1-18-6-9(12-10(15)5-16-13(14)17-12)8-3-2-7(19(20)21)4-11(8)18/h2-6H,1H3. The molecule has 2 heterocycles. The molecule has 0 N–H and O–H groups in total. The zero-order chi connectivity index (χ0) is 15.1. The Kier molecular flexibility index (Phi) is 3.06. The number of benzene rings is 1.